The number of aliphatic carboxylic acids is 1. The van der Waals surface area contributed by atoms with Gasteiger partial charge in [0.05, 0.1) is 5.56 Å². The van der Waals surface area contributed by atoms with Gasteiger partial charge in [-0.1, -0.05) is 18.2 Å². The van der Waals surface area contributed by atoms with Gasteiger partial charge in [0.15, 0.2) is 0 Å². The van der Waals surface area contributed by atoms with Crippen molar-refractivity contribution in [3.05, 3.63) is 35.4 Å². The van der Waals surface area contributed by atoms with Gasteiger partial charge >= 0.3 is 12.1 Å². The summed E-state index contributed by atoms with van der Waals surface area (Å²) in [6, 6.07) is 3.94. The Bertz CT molecular complexity index is 404. The van der Waals surface area contributed by atoms with E-state index in [1.54, 1.807) is 0 Å². The Labute approximate surface area is 96.3 Å². The molecule has 1 aromatic carbocycles. The molecule has 0 unspecified atom stereocenters. The van der Waals surface area contributed by atoms with Crippen LogP contribution in [0.15, 0.2) is 24.3 Å². The van der Waals surface area contributed by atoms with Gasteiger partial charge in [-0.05, 0) is 25.1 Å². The van der Waals surface area contributed by atoms with Crippen LogP contribution in [-0.4, -0.2) is 24.2 Å². The van der Waals surface area contributed by atoms with E-state index in [1.807, 2.05) is 0 Å². The Morgan fingerprint density at radius 3 is 2.47 bits per heavy atom. The van der Waals surface area contributed by atoms with Gasteiger partial charge in [0.1, 0.15) is 6.04 Å². The standard InChI is InChI=1S/C11H12F3NO2/c1-15-9(10(16)17)6-7-4-2-3-5-8(7)11(12,13)14/h2-5,9,15H,6H2,1H3,(H,16,17)/t9-/m0/s1. The van der Waals surface area contributed by atoms with Crippen LogP contribution in [0.3, 0.4) is 0 Å². The first-order chi connectivity index (χ1) is 7.86. The molecule has 0 aromatic heterocycles. The van der Waals surface area contributed by atoms with Crippen molar-refractivity contribution in [2.24, 2.45) is 0 Å². The van der Waals surface area contributed by atoms with Crippen LogP contribution in [0.25, 0.3) is 0 Å². The molecular weight excluding hydrogens is 235 g/mol. The molecular formula is C11H12F3NO2. The molecule has 0 amide bonds. The SMILES string of the molecule is CN[C@@H](Cc1ccccc1C(F)(F)F)C(=O)O. The van der Waals surface area contributed by atoms with Gasteiger partial charge in [-0.15, -0.1) is 0 Å². The zero-order chi connectivity index (χ0) is 13.1. The van der Waals surface area contributed by atoms with E-state index < -0.39 is 23.8 Å². The van der Waals surface area contributed by atoms with E-state index in [1.165, 1.54) is 25.2 Å². The van der Waals surface area contributed by atoms with Crippen molar-refractivity contribution in [2.75, 3.05) is 7.05 Å². The molecule has 0 spiro atoms. The smallest absolute Gasteiger partial charge is 0.416 e. The number of nitrogens with one attached hydrogen (secondary N) is 1. The summed E-state index contributed by atoms with van der Waals surface area (Å²) in [5.74, 6) is -1.18. The molecule has 0 aliphatic rings. The van der Waals surface area contributed by atoms with E-state index in [9.17, 15) is 18.0 Å². The van der Waals surface area contributed by atoms with Gasteiger partial charge in [0, 0.05) is 0 Å². The quantitative estimate of drug-likeness (QED) is 0.854. The zero-order valence-electron chi connectivity index (χ0n) is 9.08. The Morgan fingerprint density at radius 2 is 2.00 bits per heavy atom. The molecule has 0 radical (unpaired) electrons. The molecule has 1 aromatic rings. The maximum Gasteiger partial charge on any atom is 0.416 e. The lowest BCUT2D eigenvalue weighted by atomic mass is 10.00. The number of carbonyl (C=O) groups is 1. The van der Waals surface area contributed by atoms with Crippen LogP contribution < -0.4 is 5.32 Å². The highest BCUT2D eigenvalue weighted by Gasteiger charge is 2.33. The summed E-state index contributed by atoms with van der Waals surface area (Å²) in [4.78, 5) is 10.8. The number of halogens is 3. The van der Waals surface area contributed by atoms with Crippen molar-refractivity contribution in [2.45, 2.75) is 18.6 Å². The van der Waals surface area contributed by atoms with E-state index in [-0.39, 0.29) is 12.0 Å². The van der Waals surface area contributed by atoms with E-state index in [0.29, 0.717) is 0 Å². The number of rotatable bonds is 4. The normalized spacial score (nSPS) is 13.4. The second-order valence-electron chi connectivity index (χ2n) is 3.54. The highest BCUT2D eigenvalue weighted by molar-refractivity contribution is 5.74. The Morgan fingerprint density at radius 1 is 1.41 bits per heavy atom. The highest BCUT2D eigenvalue weighted by Crippen LogP contribution is 2.32. The van der Waals surface area contributed by atoms with Crippen LogP contribution >= 0.6 is 0 Å². The summed E-state index contributed by atoms with van der Waals surface area (Å²) >= 11 is 0. The molecule has 0 heterocycles. The molecule has 6 heteroatoms. The number of hydrogen-bond acceptors (Lipinski definition) is 2. The highest BCUT2D eigenvalue weighted by atomic mass is 19.4. The fraction of sp³-hybridized carbons (Fsp3) is 0.364. The monoisotopic (exact) mass is 247 g/mol. The molecule has 0 saturated heterocycles. The number of carboxylic acid groups (broad SMARTS) is 1. The lowest BCUT2D eigenvalue weighted by Gasteiger charge is -2.16. The van der Waals surface area contributed by atoms with Crippen molar-refractivity contribution in [3.63, 3.8) is 0 Å². The predicted molar refractivity (Wildman–Crippen MR) is 55.6 cm³/mol. The van der Waals surface area contributed by atoms with Gasteiger partial charge < -0.3 is 10.4 Å². The van der Waals surface area contributed by atoms with Gasteiger partial charge in [0.25, 0.3) is 0 Å². The molecule has 94 valence electrons. The molecule has 1 atom stereocenters. The van der Waals surface area contributed by atoms with Crippen molar-refractivity contribution >= 4 is 5.97 Å². The lowest BCUT2D eigenvalue weighted by molar-refractivity contribution is -0.141. The van der Waals surface area contributed by atoms with Crippen LogP contribution in [0.1, 0.15) is 11.1 Å². The summed E-state index contributed by atoms with van der Waals surface area (Å²) in [6.07, 6.45) is -4.67. The molecule has 2 N–H and O–H groups in total. The summed E-state index contributed by atoms with van der Waals surface area (Å²) in [7, 11) is 1.40. The fourth-order valence-electron chi connectivity index (χ4n) is 1.51. The van der Waals surface area contributed by atoms with Crippen LogP contribution in [0, 0.1) is 0 Å². The molecule has 0 aliphatic carbocycles. The number of hydrogen-bond donors (Lipinski definition) is 2. The summed E-state index contributed by atoms with van der Waals surface area (Å²) in [5.41, 5.74) is -0.816. The molecule has 0 fully saturated rings. The topological polar surface area (TPSA) is 49.3 Å². The van der Waals surface area contributed by atoms with E-state index in [0.717, 1.165) is 6.07 Å². The second kappa shape index (κ2) is 5.18. The number of likely N-dealkylation sites (N-methyl/N-ethyl adjacent to an activating group) is 1. The summed E-state index contributed by atoms with van der Waals surface area (Å²) < 4.78 is 37.9. The maximum absolute atomic E-state index is 12.6. The average molecular weight is 247 g/mol. The largest absolute Gasteiger partial charge is 0.480 e. The van der Waals surface area contributed by atoms with Crippen LogP contribution in [-0.2, 0) is 17.4 Å². The van der Waals surface area contributed by atoms with E-state index in [2.05, 4.69) is 5.32 Å². The Balaban J connectivity index is 3.02. The Hall–Kier alpha value is -1.56. The molecule has 1 rings (SSSR count). The third-order valence-corrected chi connectivity index (χ3v) is 2.39. The van der Waals surface area contributed by atoms with Crippen molar-refractivity contribution in [1.29, 1.82) is 0 Å². The number of alkyl halides is 3. The number of carboxylic acids is 1. The lowest BCUT2D eigenvalue weighted by Crippen LogP contribution is -2.36. The third-order valence-electron chi connectivity index (χ3n) is 2.39. The second-order valence-corrected chi connectivity index (χ2v) is 3.54. The first kappa shape index (κ1) is 13.5. The number of benzene rings is 1. The molecule has 0 bridgehead atoms. The fourth-order valence-corrected chi connectivity index (χ4v) is 1.51. The summed E-state index contributed by atoms with van der Waals surface area (Å²) in [6.45, 7) is 0. The van der Waals surface area contributed by atoms with Gasteiger partial charge in [-0.25, -0.2) is 0 Å². The van der Waals surface area contributed by atoms with Crippen molar-refractivity contribution < 1.29 is 23.1 Å². The minimum Gasteiger partial charge on any atom is -0.480 e. The van der Waals surface area contributed by atoms with E-state index >= 15 is 0 Å². The van der Waals surface area contributed by atoms with Gasteiger partial charge in [-0.3, -0.25) is 4.79 Å². The minimum atomic E-state index is -4.46. The van der Waals surface area contributed by atoms with Gasteiger partial charge in [-0.2, -0.15) is 13.2 Å². The maximum atomic E-state index is 12.6. The summed E-state index contributed by atoms with van der Waals surface area (Å²) in [5, 5.41) is 11.2. The van der Waals surface area contributed by atoms with Crippen LogP contribution in [0.2, 0.25) is 0 Å². The first-order valence-electron chi connectivity index (χ1n) is 4.91. The minimum absolute atomic E-state index is 0.0262. The molecule has 17 heavy (non-hydrogen) atoms. The van der Waals surface area contributed by atoms with Crippen LogP contribution in [0.5, 0.6) is 0 Å². The average Bonchev–Trinajstić information content (AvgIpc) is 2.24. The Kier molecular flexibility index (Phi) is 4.11. The van der Waals surface area contributed by atoms with Crippen molar-refractivity contribution in [1.82, 2.24) is 5.32 Å². The van der Waals surface area contributed by atoms with E-state index in [4.69, 9.17) is 5.11 Å². The van der Waals surface area contributed by atoms with Gasteiger partial charge in [0.2, 0.25) is 0 Å². The third kappa shape index (κ3) is 3.45. The van der Waals surface area contributed by atoms with Crippen LogP contribution in [0.4, 0.5) is 13.2 Å². The molecule has 0 aliphatic heterocycles. The van der Waals surface area contributed by atoms with Crippen molar-refractivity contribution in [3.8, 4) is 0 Å². The predicted octanol–water partition coefficient (Wildman–Crippen LogP) is 1.92. The zero-order valence-corrected chi connectivity index (χ0v) is 9.08. The first-order valence-corrected chi connectivity index (χ1v) is 4.91. The molecule has 3 nitrogen and oxygen atoms in total. The molecule has 0 saturated carbocycles.